The maximum Gasteiger partial charge on any atom is 0.122 e. The summed E-state index contributed by atoms with van der Waals surface area (Å²) < 4.78 is 5.76. The summed E-state index contributed by atoms with van der Waals surface area (Å²) >= 11 is 0. The van der Waals surface area contributed by atoms with Crippen molar-refractivity contribution in [2.24, 2.45) is 11.8 Å². The van der Waals surface area contributed by atoms with Crippen LogP contribution in [0.2, 0.25) is 0 Å². The number of hydrazine groups is 1. The highest BCUT2D eigenvalue weighted by molar-refractivity contribution is 5.12. The van der Waals surface area contributed by atoms with E-state index in [1.54, 1.807) is 0 Å². The second kappa shape index (κ2) is 4.81. The summed E-state index contributed by atoms with van der Waals surface area (Å²) in [5.41, 5.74) is 2.90. The zero-order valence-corrected chi connectivity index (χ0v) is 9.33. The van der Waals surface area contributed by atoms with E-state index in [4.69, 9.17) is 10.3 Å². The van der Waals surface area contributed by atoms with Gasteiger partial charge in [0.1, 0.15) is 11.5 Å². The van der Waals surface area contributed by atoms with Crippen molar-refractivity contribution in [1.82, 2.24) is 5.43 Å². The van der Waals surface area contributed by atoms with Crippen molar-refractivity contribution >= 4 is 0 Å². The Morgan fingerprint density at radius 2 is 2.20 bits per heavy atom. The Labute approximate surface area is 91.0 Å². The highest BCUT2D eigenvalue weighted by Gasteiger charge is 2.27. The van der Waals surface area contributed by atoms with E-state index >= 15 is 0 Å². The molecule has 3 heteroatoms. The van der Waals surface area contributed by atoms with Gasteiger partial charge in [0.05, 0.1) is 6.04 Å². The third-order valence-corrected chi connectivity index (χ3v) is 3.39. The Balaban J connectivity index is 2.10. The van der Waals surface area contributed by atoms with Gasteiger partial charge < -0.3 is 4.42 Å². The highest BCUT2D eigenvalue weighted by Crippen LogP contribution is 2.35. The molecule has 0 saturated heterocycles. The second-order valence-corrected chi connectivity index (χ2v) is 4.35. The first-order valence-electron chi connectivity index (χ1n) is 5.90. The molecule has 15 heavy (non-hydrogen) atoms. The quantitative estimate of drug-likeness (QED) is 0.590. The Hall–Kier alpha value is -0.800. The normalized spacial score (nSPS) is 19.6. The van der Waals surface area contributed by atoms with Crippen LogP contribution < -0.4 is 11.3 Å². The largest absolute Gasteiger partial charge is 0.464 e. The fourth-order valence-corrected chi connectivity index (χ4v) is 2.49. The van der Waals surface area contributed by atoms with E-state index in [1.165, 1.54) is 25.7 Å². The SMILES string of the molecule is CCc1ccc(C(NN)C2CCCC2)o1. The lowest BCUT2D eigenvalue weighted by molar-refractivity contribution is 0.309. The average molecular weight is 208 g/mol. The third-order valence-electron chi connectivity index (χ3n) is 3.39. The molecule has 0 aliphatic heterocycles. The number of nitrogens with one attached hydrogen (secondary N) is 1. The van der Waals surface area contributed by atoms with Gasteiger partial charge in [0.2, 0.25) is 0 Å². The molecule has 1 aliphatic rings. The van der Waals surface area contributed by atoms with Crippen LogP contribution in [-0.2, 0) is 6.42 Å². The van der Waals surface area contributed by atoms with Crippen LogP contribution in [0.25, 0.3) is 0 Å². The van der Waals surface area contributed by atoms with Crippen molar-refractivity contribution in [2.45, 2.75) is 45.1 Å². The van der Waals surface area contributed by atoms with Crippen LogP contribution in [0.5, 0.6) is 0 Å². The molecule has 3 N–H and O–H groups in total. The Kier molecular flexibility index (Phi) is 3.44. The lowest BCUT2D eigenvalue weighted by Gasteiger charge is -2.20. The zero-order valence-electron chi connectivity index (χ0n) is 9.33. The third kappa shape index (κ3) is 2.24. The molecule has 1 saturated carbocycles. The van der Waals surface area contributed by atoms with Crippen LogP contribution in [-0.4, -0.2) is 0 Å². The molecule has 3 nitrogen and oxygen atoms in total. The molecule has 84 valence electrons. The standard InChI is InChI=1S/C12H20N2O/c1-2-10-7-8-11(15-10)12(14-13)9-5-3-4-6-9/h7-9,12,14H,2-6,13H2,1H3. The maximum absolute atomic E-state index is 5.76. The van der Waals surface area contributed by atoms with Crippen LogP contribution in [0.15, 0.2) is 16.5 Å². The van der Waals surface area contributed by atoms with Crippen LogP contribution >= 0.6 is 0 Å². The molecule has 1 fully saturated rings. The van der Waals surface area contributed by atoms with E-state index in [0.717, 1.165) is 17.9 Å². The Morgan fingerprint density at radius 3 is 2.73 bits per heavy atom. The predicted molar refractivity (Wildman–Crippen MR) is 60.1 cm³/mol. The summed E-state index contributed by atoms with van der Waals surface area (Å²) in [6.45, 7) is 2.10. The topological polar surface area (TPSA) is 51.2 Å². The summed E-state index contributed by atoms with van der Waals surface area (Å²) in [7, 11) is 0. The molecule has 0 bridgehead atoms. The minimum atomic E-state index is 0.202. The van der Waals surface area contributed by atoms with E-state index in [9.17, 15) is 0 Å². The molecule has 0 amide bonds. The van der Waals surface area contributed by atoms with Gasteiger partial charge in [-0.05, 0) is 30.9 Å². The molecule has 1 aromatic heterocycles. The minimum Gasteiger partial charge on any atom is -0.464 e. The number of hydrogen-bond donors (Lipinski definition) is 2. The first kappa shape index (κ1) is 10.7. The first-order valence-corrected chi connectivity index (χ1v) is 5.90. The number of hydrogen-bond acceptors (Lipinski definition) is 3. The summed E-state index contributed by atoms with van der Waals surface area (Å²) in [5, 5.41) is 0. The minimum absolute atomic E-state index is 0.202. The molecule has 1 aromatic rings. The monoisotopic (exact) mass is 208 g/mol. The molecule has 1 atom stereocenters. The smallest absolute Gasteiger partial charge is 0.122 e. The van der Waals surface area contributed by atoms with E-state index in [2.05, 4.69) is 24.5 Å². The van der Waals surface area contributed by atoms with Crippen molar-refractivity contribution in [3.05, 3.63) is 23.7 Å². The maximum atomic E-state index is 5.76. The van der Waals surface area contributed by atoms with E-state index in [0.29, 0.717) is 5.92 Å². The van der Waals surface area contributed by atoms with Crippen molar-refractivity contribution in [3.8, 4) is 0 Å². The summed E-state index contributed by atoms with van der Waals surface area (Å²) in [4.78, 5) is 0. The van der Waals surface area contributed by atoms with Crippen LogP contribution in [0, 0.1) is 5.92 Å². The first-order chi connectivity index (χ1) is 7.35. The summed E-state index contributed by atoms with van der Waals surface area (Å²) in [5.74, 6) is 8.32. The fourth-order valence-electron chi connectivity index (χ4n) is 2.49. The van der Waals surface area contributed by atoms with E-state index < -0.39 is 0 Å². The molecule has 1 unspecified atom stereocenters. The van der Waals surface area contributed by atoms with Gasteiger partial charge in [-0.3, -0.25) is 5.84 Å². The van der Waals surface area contributed by atoms with Gasteiger partial charge in [-0.2, -0.15) is 0 Å². The summed E-state index contributed by atoms with van der Waals surface area (Å²) in [6.07, 6.45) is 6.12. The molecular weight excluding hydrogens is 188 g/mol. The molecule has 1 heterocycles. The van der Waals surface area contributed by atoms with Gasteiger partial charge in [0, 0.05) is 6.42 Å². The Bertz CT molecular complexity index is 302. The van der Waals surface area contributed by atoms with Crippen molar-refractivity contribution < 1.29 is 4.42 Å². The van der Waals surface area contributed by atoms with E-state index in [-0.39, 0.29) is 6.04 Å². The molecule has 0 aromatic carbocycles. The molecule has 0 radical (unpaired) electrons. The van der Waals surface area contributed by atoms with Gasteiger partial charge in [-0.15, -0.1) is 0 Å². The Morgan fingerprint density at radius 1 is 1.47 bits per heavy atom. The van der Waals surface area contributed by atoms with E-state index in [1.807, 2.05) is 0 Å². The molecular formula is C12H20N2O. The number of furan rings is 1. The second-order valence-electron chi connectivity index (χ2n) is 4.35. The predicted octanol–water partition coefficient (Wildman–Crippen LogP) is 2.54. The van der Waals surface area contributed by atoms with Gasteiger partial charge in [0.15, 0.2) is 0 Å². The number of rotatable bonds is 4. The van der Waals surface area contributed by atoms with Gasteiger partial charge in [0.25, 0.3) is 0 Å². The van der Waals surface area contributed by atoms with Crippen molar-refractivity contribution in [3.63, 3.8) is 0 Å². The van der Waals surface area contributed by atoms with Gasteiger partial charge in [-0.25, -0.2) is 5.43 Å². The molecule has 2 rings (SSSR count). The highest BCUT2D eigenvalue weighted by atomic mass is 16.3. The lowest BCUT2D eigenvalue weighted by atomic mass is 9.97. The van der Waals surface area contributed by atoms with Crippen molar-refractivity contribution in [2.75, 3.05) is 0 Å². The molecule has 0 spiro atoms. The van der Waals surface area contributed by atoms with Gasteiger partial charge in [-0.1, -0.05) is 19.8 Å². The van der Waals surface area contributed by atoms with Crippen LogP contribution in [0.1, 0.15) is 50.2 Å². The van der Waals surface area contributed by atoms with Crippen LogP contribution in [0.3, 0.4) is 0 Å². The zero-order chi connectivity index (χ0) is 10.7. The number of aryl methyl sites for hydroxylation is 1. The fraction of sp³-hybridized carbons (Fsp3) is 0.667. The number of nitrogens with two attached hydrogens (primary N) is 1. The average Bonchev–Trinajstić information content (AvgIpc) is 2.89. The van der Waals surface area contributed by atoms with Crippen LogP contribution in [0.4, 0.5) is 0 Å². The summed E-state index contributed by atoms with van der Waals surface area (Å²) in [6, 6.07) is 4.31. The lowest BCUT2D eigenvalue weighted by Crippen LogP contribution is -2.32. The van der Waals surface area contributed by atoms with Gasteiger partial charge >= 0.3 is 0 Å². The molecule has 1 aliphatic carbocycles. The van der Waals surface area contributed by atoms with Crippen molar-refractivity contribution in [1.29, 1.82) is 0 Å².